The quantitative estimate of drug-likeness (QED) is 0.750. The van der Waals surface area contributed by atoms with Gasteiger partial charge in [0.05, 0.1) is 11.5 Å². The van der Waals surface area contributed by atoms with Crippen molar-refractivity contribution in [1.29, 1.82) is 0 Å². The van der Waals surface area contributed by atoms with Gasteiger partial charge < -0.3 is 4.90 Å². The molecule has 1 saturated heterocycles. The molecule has 1 aromatic rings. The van der Waals surface area contributed by atoms with Gasteiger partial charge in [-0.2, -0.15) is 0 Å². The van der Waals surface area contributed by atoms with Crippen molar-refractivity contribution in [2.24, 2.45) is 5.92 Å². The minimum absolute atomic E-state index is 0.0528. The fourth-order valence-corrected chi connectivity index (χ4v) is 4.36. The third kappa shape index (κ3) is 1.76. The van der Waals surface area contributed by atoms with E-state index >= 15 is 0 Å². The van der Waals surface area contributed by atoms with Gasteiger partial charge in [0.25, 0.3) is 0 Å². The number of nitrogens with zero attached hydrogens (tertiary/aromatic N) is 1. The highest BCUT2D eigenvalue weighted by molar-refractivity contribution is 5.95. The summed E-state index contributed by atoms with van der Waals surface area (Å²) in [7, 11) is 0. The molecule has 0 saturated carbocycles. The lowest BCUT2D eigenvalue weighted by molar-refractivity contribution is -0.137. The predicted molar refractivity (Wildman–Crippen MR) is 91.5 cm³/mol. The lowest BCUT2D eigenvalue weighted by atomic mass is 9.64. The maximum atomic E-state index is 13.5. The summed E-state index contributed by atoms with van der Waals surface area (Å²) in [4.78, 5) is 15.6. The van der Waals surface area contributed by atoms with E-state index in [2.05, 4.69) is 58.6 Å². The molecule has 0 aromatic heterocycles. The summed E-state index contributed by atoms with van der Waals surface area (Å²) in [5.41, 5.74) is 1.69. The summed E-state index contributed by atoms with van der Waals surface area (Å²) >= 11 is 0. The minimum atomic E-state index is -0.447. The van der Waals surface area contributed by atoms with Crippen LogP contribution < -0.4 is 0 Å². The standard InChI is InChI=1S/C20H25NO/c1-6-17-16-13-12-14-10-8-9-11-15(14)20(16,7-2)18(22)21(17)19(3,4)5/h6,8-13,16-17H,1,7H2,2-5H3/t16-,17-,20-/m0/s1. The van der Waals surface area contributed by atoms with Crippen LogP contribution in [-0.2, 0) is 10.2 Å². The molecule has 1 aromatic carbocycles. The van der Waals surface area contributed by atoms with Gasteiger partial charge in [0.2, 0.25) is 5.91 Å². The summed E-state index contributed by atoms with van der Waals surface area (Å²) in [6, 6.07) is 8.37. The van der Waals surface area contributed by atoms with Crippen LogP contribution in [0.3, 0.4) is 0 Å². The number of rotatable bonds is 2. The van der Waals surface area contributed by atoms with Crippen LogP contribution >= 0.6 is 0 Å². The molecule has 1 heterocycles. The maximum absolute atomic E-state index is 13.5. The Morgan fingerprint density at radius 1 is 1.32 bits per heavy atom. The fourth-order valence-electron chi connectivity index (χ4n) is 4.36. The molecule has 2 heteroatoms. The molecule has 1 amide bonds. The summed E-state index contributed by atoms with van der Waals surface area (Å²) in [6.45, 7) is 12.5. The zero-order chi connectivity index (χ0) is 16.1. The number of likely N-dealkylation sites (tertiary alicyclic amines) is 1. The van der Waals surface area contributed by atoms with E-state index in [0.29, 0.717) is 0 Å². The molecule has 0 N–H and O–H groups in total. The van der Waals surface area contributed by atoms with Gasteiger partial charge in [0.1, 0.15) is 0 Å². The Balaban J connectivity index is 2.26. The predicted octanol–water partition coefficient (Wildman–Crippen LogP) is 4.17. The van der Waals surface area contributed by atoms with E-state index < -0.39 is 5.41 Å². The molecule has 22 heavy (non-hydrogen) atoms. The smallest absolute Gasteiger partial charge is 0.234 e. The van der Waals surface area contributed by atoms with E-state index in [-0.39, 0.29) is 23.4 Å². The van der Waals surface area contributed by atoms with Gasteiger partial charge in [-0.3, -0.25) is 4.79 Å². The maximum Gasteiger partial charge on any atom is 0.234 e. The molecule has 1 aliphatic carbocycles. The van der Waals surface area contributed by atoms with Crippen molar-refractivity contribution in [2.75, 3.05) is 0 Å². The number of hydrogen-bond donors (Lipinski definition) is 0. The molecule has 2 nitrogen and oxygen atoms in total. The highest BCUT2D eigenvalue weighted by Gasteiger charge is 2.60. The third-order valence-electron chi connectivity index (χ3n) is 5.28. The molecular formula is C20H25NO. The molecule has 1 fully saturated rings. The monoisotopic (exact) mass is 295 g/mol. The van der Waals surface area contributed by atoms with Crippen LogP contribution in [0.4, 0.5) is 0 Å². The van der Waals surface area contributed by atoms with E-state index in [1.807, 2.05) is 23.1 Å². The fraction of sp³-hybridized carbons (Fsp3) is 0.450. The Hall–Kier alpha value is -1.83. The zero-order valence-corrected chi connectivity index (χ0v) is 14.0. The molecule has 116 valence electrons. The van der Waals surface area contributed by atoms with Gasteiger partial charge in [-0.05, 0) is 38.3 Å². The van der Waals surface area contributed by atoms with Gasteiger partial charge in [-0.25, -0.2) is 0 Å². The van der Waals surface area contributed by atoms with Crippen molar-refractivity contribution >= 4 is 12.0 Å². The highest BCUT2D eigenvalue weighted by Crippen LogP contribution is 2.52. The van der Waals surface area contributed by atoms with Gasteiger partial charge in [-0.15, -0.1) is 6.58 Å². The lowest BCUT2D eigenvalue weighted by Gasteiger charge is -2.37. The van der Waals surface area contributed by atoms with Gasteiger partial charge in [0.15, 0.2) is 0 Å². The van der Waals surface area contributed by atoms with E-state index in [1.165, 1.54) is 11.1 Å². The second-order valence-electron chi connectivity index (χ2n) is 7.37. The first-order chi connectivity index (χ1) is 10.4. The van der Waals surface area contributed by atoms with Gasteiger partial charge in [0, 0.05) is 11.5 Å². The Morgan fingerprint density at radius 3 is 2.59 bits per heavy atom. The van der Waals surface area contributed by atoms with E-state index in [9.17, 15) is 4.79 Å². The van der Waals surface area contributed by atoms with Crippen molar-refractivity contribution in [3.05, 3.63) is 54.1 Å². The molecule has 2 aliphatic rings. The van der Waals surface area contributed by atoms with E-state index in [1.54, 1.807) is 0 Å². The first-order valence-electron chi connectivity index (χ1n) is 8.12. The second kappa shape index (κ2) is 4.84. The van der Waals surface area contributed by atoms with Crippen LogP contribution in [0.5, 0.6) is 0 Å². The van der Waals surface area contributed by atoms with Crippen molar-refractivity contribution < 1.29 is 4.79 Å². The van der Waals surface area contributed by atoms with Crippen LogP contribution in [0, 0.1) is 5.92 Å². The highest BCUT2D eigenvalue weighted by atomic mass is 16.2. The second-order valence-corrected chi connectivity index (χ2v) is 7.37. The molecule has 0 spiro atoms. The number of hydrogen-bond acceptors (Lipinski definition) is 1. The SMILES string of the molecule is C=C[C@H]1[C@@H]2C=Cc3ccccc3[C@]2(CC)C(=O)N1C(C)(C)C. The van der Waals surface area contributed by atoms with E-state index in [4.69, 9.17) is 0 Å². The average Bonchev–Trinajstić information content (AvgIpc) is 2.76. The van der Waals surface area contributed by atoms with Crippen LogP contribution in [0.25, 0.3) is 6.08 Å². The zero-order valence-electron chi connectivity index (χ0n) is 14.0. The normalized spacial score (nSPS) is 30.2. The van der Waals surface area contributed by atoms with Crippen LogP contribution in [-0.4, -0.2) is 22.4 Å². The Bertz CT molecular complexity index is 652. The summed E-state index contributed by atoms with van der Waals surface area (Å²) < 4.78 is 0. The minimum Gasteiger partial charge on any atom is -0.330 e. The largest absolute Gasteiger partial charge is 0.330 e. The number of carbonyl (C=O) groups excluding carboxylic acids is 1. The average molecular weight is 295 g/mol. The van der Waals surface area contributed by atoms with E-state index in [0.717, 1.165) is 6.42 Å². The number of benzene rings is 1. The Kier molecular flexibility index (Phi) is 3.32. The summed E-state index contributed by atoms with van der Waals surface area (Å²) in [5.74, 6) is 0.408. The number of carbonyl (C=O) groups is 1. The molecule has 0 bridgehead atoms. The van der Waals surface area contributed by atoms with Gasteiger partial charge in [-0.1, -0.05) is 49.4 Å². The first-order valence-corrected chi connectivity index (χ1v) is 8.12. The third-order valence-corrected chi connectivity index (χ3v) is 5.28. The molecule has 0 unspecified atom stereocenters. The number of amides is 1. The van der Waals surface area contributed by atoms with Crippen molar-refractivity contribution in [1.82, 2.24) is 4.90 Å². The molecule has 1 aliphatic heterocycles. The number of fused-ring (bicyclic) bond motifs is 3. The van der Waals surface area contributed by atoms with Crippen LogP contribution in [0.15, 0.2) is 43.0 Å². The topological polar surface area (TPSA) is 20.3 Å². The van der Waals surface area contributed by atoms with Crippen LogP contribution in [0.1, 0.15) is 45.2 Å². The summed E-state index contributed by atoms with van der Waals surface area (Å²) in [5, 5.41) is 0. The van der Waals surface area contributed by atoms with Crippen molar-refractivity contribution in [3.63, 3.8) is 0 Å². The lowest BCUT2D eigenvalue weighted by Crippen LogP contribution is -2.49. The Morgan fingerprint density at radius 2 is 2.00 bits per heavy atom. The van der Waals surface area contributed by atoms with Crippen molar-refractivity contribution in [2.45, 2.75) is 51.1 Å². The van der Waals surface area contributed by atoms with Crippen molar-refractivity contribution in [3.8, 4) is 0 Å². The molecular weight excluding hydrogens is 270 g/mol. The first kappa shape index (κ1) is 15.1. The Labute approximate surface area is 133 Å². The van der Waals surface area contributed by atoms with Gasteiger partial charge >= 0.3 is 0 Å². The van der Waals surface area contributed by atoms with Crippen LogP contribution in [0.2, 0.25) is 0 Å². The summed E-state index contributed by atoms with van der Waals surface area (Å²) in [6.07, 6.45) is 7.16. The molecule has 0 radical (unpaired) electrons. The molecule has 3 atom stereocenters. The molecule has 3 rings (SSSR count).